The zero-order chi connectivity index (χ0) is 15.1. The highest BCUT2D eigenvalue weighted by atomic mass is 32.2. The molecule has 0 radical (unpaired) electrons. The van der Waals surface area contributed by atoms with Crippen LogP contribution in [-0.4, -0.2) is 32.0 Å². The predicted octanol–water partition coefficient (Wildman–Crippen LogP) is 1.77. The molecule has 6 heteroatoms. The van der Waals surface area contributed by atoms with Crippen LogP contribution in [0.25, 0.3) is 0 Å². The van der Waals surface area contributed by atoms with Crippen molar-refractivity contribution in [3.8, 4) is 0 Å². The lowest BCUT2D eigenvalue weighted by molar-refractivity contribution is -0.147. The first kappa shape index (κ1) is 15.0. The number of nitrogens with zero attached hydrogens (tertiary/aromatic N) is 1. The molecule has 0 saturated carbocycles. The van der Waals surface area contributed by atoms with E-state index in [1.165, 1.54) is 7.05 Å². The van der Waals surface area contributed by atoms with Gasteiger partial charge in [0, 0.05) is 13.0 Å². The van der Waals surface area contributed by atoms with Gasteiger partial charge in [-0.3, -0.25) is 4.79 Å². The molecule has 5 nitrogen and oxygen atoms in total. The molecule has 0 aliphatic carbocycles. The molecule has 1 aliphatic heterocycles. The monoisotopic (exact) mass is 297 g/mol. The Hall–Kier alpha value is -1.40. The fraction of sp³-hybridized carbons (Fsp3) is 0.500. The lowest BCUT2D eigenvalue weighted by atomic mass is 9.98. The van der Waals surface area contributed by atoms with Crippen molar-refractivity contribution in [3.63, 3.8) is 0 Å². The van der Waals surface area contributed by atoms with Crippen molar-refractivity contribution < 1.29 is 17.9 Å². The number of rotatable bonds is 3. The molecule has 0 bridgehead atoms. The number of esters is 1. The van der Waals surface area contributed by atoms with Crippen molar-refractivity contribution in [2.24, 2.45) is 11.8 Å². The van der Waals surface area contributed by atoms with Crippen molar-refractivity contribution in [3.05, 3.63) is 29.8 Å². The van der Waals surface area contributed by atoms with E-state index in [0.717, 1.165) is 9.87 Å². The van der Waals surface area contributed by atoms with Crippen molar-refractivity contribution in [2.75, 3.05) is 7.05 Å². The molecule has 0 N–H and O–H groups in total. The second-order valence-electron chi connectivity index (χ2n) is 5.31. The summed E-state index contributed by atoms with van der Waals surface area (Å²) in [5.74, 6) is -0.822. The van der Waals surface area contributed by atoms with Gasteiger partial charge in [0.2, 0.25) is 10.0 Å². The van der Waals surface area contributed by atoms with Gasteiger partial charge >= 0.3 is 5.97 Å². The zero-order valence-electron chi connectivity index (χ0n) is 12.0. The Morgan fingerprint density at radius 3 is 2.15 bits per heavy atom. The standard InChI is InChI=1S/C14H19NO4S/c1-9-5-7-12(8-6-9)20(17,18)15(4)13-10(2)11(3)14(16)19-13/h5-8,10-11,13H,1-4H3/t10-,11+,13-/m1/s1. The highest BCUT2D eigenvalue weighted by molar-refractivity contribution is 7.89. The Bertz CT molecular complexity index is 609. The largest absolute Gasteiger partial charge is 0.445 e. The molecule has 1 aromatic carbocycles. The predicted molar refractivity (Wildman–Crippen MR) is 74.3 cm³/mol. The summed E-state index contributed by atoms with van der Waals surface area (Å²) in [4.78, 5) is 11.8. The minimum absolute atomic E-state index is 0.173. The third-order valence-electron chi connectivity index (χ3n) is 3.90. The number of benzene rings is 1. The molecule has 0 aromatic heterocycles. The highest BCUT2D eigenvalue weighted by Gasteiger charge is 2.44. The Kier molecular flexibility index (Phi) is 3.88. The van der Waals surface area contributed by atoms with Crippen LogP contribution in [-0.2, 0) is 19.6 Å². The summed E-state index contributed by atoms with van der Waals surface area (Å²) in [6.07, 6.45) is -0.746. The molecule has 1 heterocycles. The summed E-state index contributed by atoms with van der Waals surface area (Å²) in [6.45, 7) is 5.46. The first-order valence-corrected chi connectivity index (χ1v) is 7.94. The van der Waals surface area contributed by atoms with Gasteiger partial charge in [0.1, 0.15) is 0 Å². The number of cyclic esters (lactones) is 1. The van der Waals surface area contributed by atoms with Crippen LogP contribution in [0.5, 0.6) is 0 Å². The summed E-state index contributed by atoms with van der Waals surface area (Å²) in [6, 6.07) is 6.61. The van der Waals surface area contributed by atoms with E-state index in [4.69, 9.17) is 4.74 Å². The van der Waals surface area contributed by atoms with Crippen molar-refractivity contribution >= 4 is 16.0 Å². The van der Waals surface area contributed by atoms with E-state index in [2.05, 4.69) is 0 Å². The van der Waals surface area contributed by atoms with Crippen LogP contribution < -0.4 is 0 Å². The van der Waals surface area contributed by atoms with Gasteiger partial charge < -0.3 is 4.74 Å². The van der Waals surface area contributed by atoms with Crippen molar-refractivity contribution in [2.45, 2.75) is 31.9 Å². The molecule has 0 spiro atoms. The van der Waals surface area contributed by atoms with Gasteiger partial charge in [0.25, 0.3) is 0 Å². The van der Waals surface area contributed by atoms with Crippen LogP contribution in [0.2, 0.25) is 0 Å². The highest BCUT2D eigenvalue weighted by Crippen LogP contribution is 2.32. The molecule has 1 aliphatic rings. The summed E-state index contributed by atoms with van der Waals surface area (Å²) < 4.78 is 31.4. The quantitative estimate of drug-likeness (QED) is 0.798. The van der Waals surface area contributed by atoms with Gasteiger partial charge in [-0.15, -0.1) is 0 Å². The third-order valence-corrected chi connectivity index (χ3v) is 5.74. The van der Waals surface area contributed by atoms with E-state index < -0.39 is 16.3 Å². The molecule has 20 heavy (non-hydrogen) atoms. The zero-order valence-corrected chi connectivity index (χ0v) is 12.8. The van der Waals surface area contributed by atoms with E-state index in [-0.39, 0.29) is 22.7 Å². The minimum Gasteiger partial charge on any atom is -0.445 e. The molecule has 110 valence electrons. The summed E-state index contributed by atoms with van der Waals surface area (Å²) >= 11 is 0. The molecule has 2 rings (SSSR count). The third kappa shape index (κ3) is 2.45. The topological polar surface area (TPSA) is 63.7 Å². The van der Waals surface area contributed by atoms with Gasteiger partial charge in [-0.2, -0.15) is 4.31 Å². The van der Waals surface area contributed by atoms with E-state index in [9.17, 15) is 13.2 Å². The number of carbonyl (C=O) groups excluding carboxylic acids is 1. The first-order valence-electron chi connectivity index (χ1n) is 6.50. The Labute approximate surface area is 119 Å². The Morgan fingerprint density at radius 2 is 1.70 bits per heavy atom. The first-order chi connectivity index (χ1) is 9.25. The maximum absolute atomic E-state index is 12.5. The van der Waals surface area contributed by atoms with Crippen LogP contribution in [0.3, 0.4) is 0 Å². The molecule has 0 unspecified atom stereocenters. The molecular weight excluding hydrogens is 278 g/mol. The van der Waals surface area contributed by atoms with Crippen LogP contribution in [0.15, 0.2) is 29.2 Å². The molecule has 3 atom stereocenters. The summed E-state index contributed by atoms with van der Waals surface area (Å²) in [5.41, 5.74) is 0.987. The maximum atomic E-state index is 12.5. The average Bonchev–Trinajstić information content (AvgIpc) is 2.66. The fourth-order valence-electron chi connectivity index (χ4n) is 2.21. The van der Waals surface area contributed by atoms with Gasteiger partial charge in [0.05, 0.1) is 10.8 Å². The molecule has 1 fully saturated rings. The summed E-state index contributed by atoms with van der Waals surface area (Å²) in [5, 5.41) is 0. The number of sulfonamides is 1. The van der Waals surface area contributed by atoms with Gasteiger partial charge in [0.15, 0.2) is 6.23 Å². The lowest BCUT2D eigenvalue weighted by Gasteiger charge is -2.25. The molecule has 1 aromatic rings. The normalized spacial score (nSPS) is 26.9. The maximum Gasteiger partial charge on any atom is 0.310 e. The van der Waals surface area contributed by atoms with E-state index in [1.54, 1.807) is 31.2 Å². The SMILES string of the molecule is Cc1ccc(S(=O)(=O)N(C)[C@@H]2OC(=O)[C@@H](C)[C@H]2C)cc1. The van der Waals surface area contributed by atoms with Crippen molar-refractivity contribution in [1.82, 2.24) is 4.31 Å². The van der Waals surface area contributed by atoms with Gasteiger partial charge in [-0.1, -0.05) is 31.5 Å². The van der Waals surface area contributed by atoms with E-state index >= 15 is 0 Å². The van der Waals surface area contributed by atoms with E-state index in [1.807, 2.05) is 13.8 Å². The summed E-state index contributed by atoms with van der Waals surface area (Å²) in [7, 11) is -2.22. The second-order valence-corrected chi connectivity index (χ2v) is 7.31. The Balaban J connectivity index is 2.30. The van der Waals surface area contributed by atoms with Crippen LogP contribution >= 0.6 is 0 Å². The minimum atomic E-state index is -3.66. The molecule has 1 saturated heterocycles. The van der Waals surface area contributed by atoms with Gasteiger partial charge in [-0.05, 0) is 19.1 Å². The number of ether oxygens (including phenoxy) is 1. The average molecular weight is 297 g/mol. The molecule has 0 amide bonds. The van der Waals surface area contributed by atoms with Crippen LogP contribution in [0, 0.1) is 18.8 Å². The number of carbonyl (C=O) groups is 1. The number of aryl methyl sites for hydroxylation is 1. The van der Waals surface area contributed by atoms with Gasteiger partial charge in [-0.25, -0.2) is 8.42 Å². The second kappa shape index (κ2) is 5.18. The number of hydrogen-bond donors (Lipinski definition) is 0. The van der Waals surface area contributed by atoms with Crippen LogP contribution in [0.1, 0.15) is 19.4 Å². The van der Waals surface area contributed by atoms with Crippen molar-refractivity contribution in [1.29, 1.82) is 0 Å². The molecular formula is C14H19NO4S. The smallest absolute Gasteiger partial charge is 0.310 e. The fourth-order valence-corrected chi connectivity index (χ4v) is 3.54. The van der Waals surface area contributed by atoms with Crippen LogP contribution in [0.4, 0.5) is 0 Å². The van der Waals surface area contributed by atoms with E-state index in [0.29, 0.717) is 0 Å². The number of hydrogen-bond acceptors (Lipinski definition) is 4. The Morgan fingerprint density at radius 1 is 1.15 bits per heavy atom. The lowest BCUT2D eigenvalue weighted by Crippen LogP contribution is -2.40.